The Bertz CT molecular complexity index is 1180. The maximum Gasteiger partial charge on any atom is 0.472 e. The van der Waals surface area contributed by atoms with E-state index < -0.39 is 26.5 Å². The zero-order valence-corrected chi connectivity index (χ0v) is 41.0. The highest BCUT2D eigenvalue weighted by Crippen LogP contribution is 2.43. The number of carbonyl (C=O) groups excluding carboxylic acids is 2. The van der Waals surface area contributed by atoms with Crippen LogP contribution in [0.1, 0.15) is 213 Å². The maximum absolute atomic E-state index is 12.7. The summed E-state index contributed by atoms with van der Waals surface area (Å²) in [5, 5.41) is 0. The van der Waals surface area contributed by atoms with Gasteiger partial charge in [-0.1, -0.05) is 217 Å². The highest BCUT2D eigenvalue weighted by molar-refractivity contribution is 7.47. The van der Waals surface area contributed by atoms with Crippen molar-refractivity contribution in [2.24, 2.45) is 0 Å². The van der Waals surface area contributed by atoms with Crippen molar-refractivity contribution in [3.63, 3.8) is 0 Å². The van der Waals surface area contributed by atoms with Crippen molar-refractivity contribution in [1.82, 2.24) is 0 Å². The first kappa shape index (κ1) is 59.0. The SMILES string of the molecule is CC/C=C/C=C/C=C/C=C/CCCCCCCC(=O)OC[C@H](COP(=O)(O)OCC[N+](C)(C)C)OC(=O)CCCCCCCCCCCCCCCCCCCCCCCC. The number of unbranched alkanes of at least 4 members (excludes halogenated alkanes) is 26. The number of ether oxygens (including phenoxy) is 2. The third-order valence-electron chi connectivity index (χ3n) is 10.7. The standard InChI is InChI=1S/C51H94NO8P/c1-6-8-10-12-14-16-18-20-22-23-24-25-26-27-28-30-32-34-36-38-40-42-44-51(54)60-49(48-59-61(55,56)58-46-45-52(3,4)5)47-57-50(53)43-41-39-37-35-33-31-29-21-19-17-15-13-11-9-7-2/h9,11,13,15,17,19,21,29,49H,6-8,10,12,14,16,18,20,22-28,30-48H2,1-5H3/p+1/b11-9+,15-13+,19-17+,29-21+/t49-/m1/s1. The fraction of sp³-hybridized carbons (Fsp3) is 0.804. The van der Waals surface area contributed by atoms with Crippen LogP contribution in [0.5, 0.6) is 0 Å². The van der Waals surface area contributed by atoms with Crippen molar-refractivity contribution in [1.29, 1.82) is 0 Å². The molecule has 0 aliphatic carbocycles. The van der Waals surface area contributed by atoms with E-state index in [9.17, 15) is 19.0 Å². The van der Waals surface area contributed by atoms with E-state index in [2.05, 4.69) is 32.1 Å². The van der Waals surface area contributed by atoms with Crippen LogP contribution in [0.25, 0.3) is 0 Å². The predicted octanol–water partition coefficient (Wildman–Crippen LogP) is 14.6. The number of hydrogen-bond donors (Lipinski definition) is 1. The molecule has 0 aromatic rings. The maximum atomic E-state index is 12.7. The van der Waals surface area contributed by atoms with Crippen LogP contribution in [0.15, 0.2) is 48.6 Å². The molecule has 356 valence electrons. The van der Waals surface area contributed by atoms with Crippen LogP contribution < -0.4 is 0 Å². The van der Waals surface area contributed by atoms with Gasteiger partial charge < -0.3 is 18.9 Å². The van der Waals surface area contributed by atoms with Crippen molar-refractivity contribution in [3.8, 4) is 0 Å². The number of esters is 2. The molecule has 0 aromatic carbocycles. The highest BCUT2D eigenvalue weighted by atomic mass is 31.2. The lowest BCUT2D eigenvalue weighted by Gasteiger charge is -2.24. The number of allylic oxidation sites excluding steroid dienone is 8. The van der Waals surface area contributed by atoms with Crippen LogP contribution in [0.4, 0.5) is 0 Å². The van der Waals surface area contributed by atoms with Gasteiger partial charge >= 0.3 is 19.8 Å². The van der Waals surface area contributed by atoms with E-state index in [4.69, 9.17) is 18.5 Å². The summed E-state index contributed by atoms with van der Waals surface area (Å²) < 4.78 is 34.4. The quantitative estimate of drug-likeness (QED) is 0.0212. The molecule has 0 aromatic heterocycles. The normalized spacial score (nSPS) is 13.9. The Hall–Kier alpha value is -2.03. The van der Waals surface area contributed by atoms with E-state index in [1.165, 1.54) is 122 Å². The number of phosphoric acid groups is 1. The molecule has 61 heavy (non-hydrogen) atoms. The molecular weight excluding hydrogens is 786 g/mol. The van der Waals surface area contributed by atoms with Crippen molar-refractivity contribution >= 4 is 19.8 Å². The first-order chi connectivity index (χ1) is 29.5. The molecule has 0 fully saturated rings. The van der Waals surface area contributed by atoms with E-state index in [0.717, 1.165) is 51.4 Å². The Balaban J connectivity index is 4.25. The minimum Gasteiger partial charge on any atom is -0.462 e. The van der Waals surface area contributed by atoms with Crippen LogP contribution >= 0.6 is 7.82 Å². The van der Waals surface area contributed by atoms with Gasteiger partial charge in [0.1, 0.15) is 19.8 Å². The molecule has 0 aliphatic heterocycles. The fourth-order valence-corrected chi connectivity index (χ4v) is 7.59. The molecule has 0 saturated heterocycles. The number of nitrogens with zero attached hydrogens (tertiary/aromatic N) is 1. The van der Waals surface area contributed by atoms with Gasteiger partial charge in [-0.15, -0.1) is 0 Å². The zero-order chi connectivity index (χ0) is 45.0. The van der Waals surface area contributed by atoms with Gasteiger partial charge in [-0.25, -0.2) is 4.57 Å². The molecular formula is C51H95NO8P+. The Morgan fingerprint density at radius 2 is 0.934 bits per heavy atom. The van der Waals surface area contributed by atoms with Crippen LogP contribution in [0, 0.1) is 0 Å². The molecule has 1 N–H and O–H groups in total. The largest absolute Gasteiger partial charge is 0.472 e. The molecule has 9 nitrogen and oxygen atoms in total. The number of quaternary nitrogens is 1. The summed E-state index contributed by atoms with van der Waals surface area (Å²) in [6.07, 6.45) is 51.7. The van der Waals surface area contributed by atoms with Gasteiger partial charge in [0.25, 0.3) is 0 Å². The van der Waals surface area contributed by atoms with Crippen LogP contribution in [0.3, 0.4) is 0 Å². The molecule has 0 amide bonds. The summed E-state index contributed by atoms with van der Waals surface area (Å²) in [6, 6.07) is 0. The number of carbonyl (C=O) groups is 2. The van der Waals surface area contributed by atoms with Crippen LogP contribution in [-0.4, -0.2) is 74.9 Å². The first-order valence-corrected chi connectivity index (χ1v) is 26.4. The third-order valence-corrected chi connectivity index (χ3v) is 11.7. The lowest BCUT2D eigenvalue weighted by molar-refractivity contribution is -0.870. The number of phosphoric ester groups is 1. The topological polar surface area (TPSA) is 108 Å². The minimum atomic E-state index is -4.38. The molecule has 2 atom stereocenters. The summed E-state index contributed by atoms with van der Waals surface area (Å²) in [7, 11) is 1.46. The average molecular weight is 881 g/mol. The lowest BCUT2D eigenvalue weighted by Crippen LogP contribution is -2.37. The van der Waals surface area contributed by atoms with E-state index in [1.54, 1.807) is 0 Å². The van der Waals surface area contributed by atoms with Gasteiger partial charge in [0.05, 0.1) is 27.7 Å². The van der Waals surface area contributed by atoms with Gasteiger partial charge in [-0.3, -0.25) is 18.6 Å². The Kier molecular flexibility index (Phi) is 41.8. The first-order valence-electron chi connectivity index (χ1n) is 24.9. The van der Waals surface area contributed by atoms with E-state index in [1.807, 2.05) is 51.5 Å². The van der Waals surface area contributed by atoms with E-state index in [-0.39, 0.29) is 32.0 Å². The van der Waals surface area contributed by atoms with Gasteiger partial charge in [0.15, 0.2) is 6.10 Å². The van der Waals surface area contributed by atoms with E-state index >= 15 is 0 Å². The molecule has 0 bridgehead atoms. The molecule has 10 heteroatoms. The average Bonchev–Trinajstić information content (AvgIpc) is 3.21. The van der Waals surface area contributed by atoms with E-state index in [0.29, 0.717) is 23.9 Å². The Morgan fingerprint density at radius 3 is 1.39 bits per heavy atom. The van der Waals surface area contributed by atoms with Crippen molar-refractivity contribution in [2.45, 2.75) is 219 Å². The minimum absolute atomic E-state index is 0.0273. The van der Waals surface area contributed by atoms with Gasteiger partial charge in [0, 0.05) is 12.8 Å². The zero-order valence-electron chi connectivity index (χ0n) is 40.1. The lowest BCUT2D eigenvalue weighted by atomic mass is 10.0. The highest BCUT2D eigenvalue weighted by Gasteiger charge is 2.27. The molecule has 0 heterocycles. The second-order valence-corrected chi connectivity index (χ2v) is 19.4. The second-order valence-electron chi connectivity index (χ2n) is 17.9. The Labute approximate surface area is 375 Å². The monoisotopic (exact) mass is 881 g/mol. The summed E-state index contributed by atoms with van der Waals surface area (Å²) in [5.41, 5.74) is 0. The number of hydrogen-bond acceptors (Lipinski definition) is 7. The second kappa shape index (κ2) is 43.2. The molecule has 1 unspecified atom stereocenters. The van der Waals surface area contributed by atoms with Crippen LogP contribution in [-0.2, 0) is 32.7 Å². The number of rotatable bonds is 45. The smallest absolute Gasteiger partial charge is 0.462 e. The predicted molar refractivity (Wildman–Crippen MR) is 257 cm³/mol. The van der Waals surface area contributed by atoms with Crippen molar-refractivity contribution in [2.75, 3.05) is 47.5 Å². The Morgan fingerprint density at radius 1 is 0.525 bits per heavy atom. The summed E-state index contributed by atoms with van der Waals surface area (Å²) in [4.78, 5) is 35.5. The molecule has 0 spiro atoms. The molecule has 0 radical (unpaired) electrons. The third kappa shape index (κ3) is 47.3. The van der Waals surface area contributed by atoms with Gasteiger partial charge in [0.2, 0.25) is 0 Å². The molecule has 0 aliphatic rings. The molecule has 0 rings (SSSR count). The fourth-order valence-electron chi connectivity index (χ4n) is 6.85. The number of likely N-dealkylation sites (N-methyl/N-ethyl adjacent to an activating group) is 1. The van der Waals surface area contributed by atoms with Gasteiger partial charge in [-0.05, 0) is 32.1 Å². The van der Waals surface area contributed by atoms with Crippen molar-refractivity contribution < 1.29 is 42.1 Å². The van der Waals surface area contributed by atoms with Gasteiger partial charge in [-0.2, -0.15) is 0 Å². The van der Waals surface area contributed by atoms with Crippen molar-refractivity contribution in [3.05, 3.63) is 48.6 Å². The summed E-state index contributed by atoms with van der Waals surface area (Å²) in [5.74, 6) is -0.819. The summed E-state index contributed by atoms with van der Waals surface area (Å²) in [6.45, 7) is 4.28. The molecule has 0 saturated carbocycles. The van der Waals surface area contributed by atoms with Crippen LogP contribution in [0.2, 0.25) is 0 Å². The summed E-state index contributed by atoms with van der Waals surface area (Å²) >= 11 is 0.